The number of ether oxygens (including phenoxy) is 2. The highest BCUT2D eigenvalue weighted by atomic mass is 16.5. The summed E-state index contributed by atoms with van der Waals surface area (Å²) in [6.45, 7) is 3.19. The third kappa shape index (κ3) is 4.60. The van der Waals surface area contributed by atoms with E-state index in [0.717, 1.165) is 72.9 Å². The minimum atomic E-state index is -0.358. The van der Waals surface area contributed by atoms with Gasteiger partial charge in [0.2, 0.25) is 0 Å². The predicted octanol–water partition coefficient (Wildman–Crippen LogP) is 3.56. The maximum absolute atomic E-state index is 13.5. The lowest BCUT2D eigenvalue weighted by atomic mass is 10.0. The van der Waals surface area contributed by atoms with Crippen LogP contribution in [0.4, 0.5) is 5.69 Å². The second kappa shape index (κ2) is 10.4. The van der Waals surface area contributed by atoms with Crippen LogP contribution in [-0.2, 0) is 0 Å². The van der Waals surface area contributed by atoms with Gasteiger partial charge in [-0.15, -0.1) is 5.10 Å². The number of anilines is 1. The SMILES string of the molecule is COc1ccc(N2CCN(C(c3cc4cc(OC)ccc4[nH]c3=O)c3nnnn3C3CCCC3)CC2)cc1. The van der Waals surface area contributed by atoms with Crippen LogP contribution in [-0.4, -0.2) is 70.5 Å². The molecular weight excluding hydrogens is 482 g/mol. The quantitative estimate of drug-likeness (QED) is 0.399. The minimum absolute atomic E-state index is 0.119. The van der Waals surface area contributed by atoms with Crippen LogP contribution in [0, 0.1) is 0 Å². The van der Waals surface area contributed by atoms with Gasteiger partial charge in [0.15, 0.2) is 5.82 Å². The van der Waals surface area contributed by atoms with Crippen molar-refractivity contribution in [3.63, 3.8) is 0 Å². The number of benzene rings is 2. The molecule has 1 N–H and O–H groups in total. The highest BCUT2D eigenvalue weighted by Crippen LogP contribution is 2.35. The molecule has 0 amide bonds. The first-order valence-electron chi connectivity index (χ1n) is 13.3. The number of fused-ring (bicyclic) bond motifs is 1. The number of piperazine rings is 1. The Morgan fingerprint density at radius 2 is 1.63 bits per heavy atom. The molecule has 0 spiro atoms. The molecular formula is C28H33N7O3. The van der Waals surface area contributed by atoms with E-state index in [1.807, 2.05) is 41.1 Å². The highest BCUT2D eigenvalue weighted by molar-refractivity contribution is 5.80. The number of methoxy groups -OCH3 is 2. The summed E-state index contributed by atoms with van der Waals surface area (Å²) >= 11 is 0. The predicted molar refractivity (Wildman–Crippen MR) is 145 cm³/mol. The number of tetrazole rings is 1. The molecule has 2 aromatic heterocycles. The molecule has 1 unspecified atom stereocenters. The maximum Gasteiger partial charge on any atom is 0.253 e. The van der Waals surface area contributed by atoms with E-state index < -0.39 is 0 Å². The van der Waals surface area contributed by atoms with Crippen LogP contribution in [0.25, 0.3) is 10.9 Å². The largest absolute Gasteiger partial charge is 0.497 e. The van der Waals surface area contributed by atoms with Gasteiger partial charge in [-0.2, -0.15) is 0 Å². The van der Waals surface area contributed by atoms with Crippen LogP contribution in [0.2, 0.25) is 0 Å². The van der Waals surface area contributed by atoms with Gasteiger partial charge in [0.25, 0.3) is 5.56 Å². The van der Waals surface area contributed by atoms with E-state index >= 15 is 0 Å². The van der Waals surface area contributed by atoms with Gasteiger partial charge >= 0.3 is 0 Å². The van der Waals surface area contributed by atoms with Crippen molar-refractivity contribution in [2.24, 2.45) is 0 Å². The van der Waals surface area contributed by atoms with E-state index in [1.165, 1.54) is 12.8 Å². The molecule has 2 aromatic carbocycles. The van der Waals surface area contributed by atoms with Crippen LogP contribution < -0.4 is 19.9 Å². The first kappa shape index (κ1) is 24.4. The topological polar surface area (TPSA) is 101 Å². The van der Waals surface area contributed by atoms with E-state index in [0.29, 0.717) is 5.56 Å². The zero-order valence-electron chi connectivity index (χ0n) is 21.8. The summed E-state index contributed by atoms with van der Waals surface area (Å²) in [5, 5.41) is 13.9. The van der Waals surface area contributed by atoms with Crippen molar-refractivity contribution in [3.8, 4) is 11.5 Å². The fraction of sp³-hybridized carbons (Fsp3) is 0.429. The number of hydrogen-bond acceptors (Lipinski definition) is 8. The van der Waals surface area contributed by atoms with E-state index in [1.54, 1.807) is 14.2 Å². The van der Waals surface area contributed by atoms with Crippen LogP contribution in [0.15, 0.2) is 53.3 Å². The van der Waals surface area contributed by atoms with Crippen LogP contribution >= 0.6 is 0 Å². The van der Waals surface area contributed by atoms with Crippen molar-refractivity contribution in [1.82, 2.24) is 30.1 Å². The van der Waals surface area contributed by atoms with Crippen molar-refractivity contribution >= 4 is 16.6 Å². The van der Waals surface area contributed by atoms with Gasteiger partial charge in [-0.3, -0.25) is 9.69 Å². The lowest BCUT2D eigenvalue weighted by Crippen LogP contribution is -2.49. The molecule has 2 aliphatic rings. The number of hydrogen-bond donors (Lipinski definition) is 1. The molecule has 1 atom stereocenters. The first-order valence-corrected chi connectivity index (χ1v) is 13.3. The smallest absolute Gasteiger partial charge is 0.253 e. The minimum Gasteiger partial charge on any atom is -0.497 e. The Morgan fingerprint density at radius 1 is 0.921 bits per heavy atom. The van der Waals surface area contributed by atoms with Gasteiger partial charge < -0.3 is 19.4 Å². The standard InChI is InChI=1S/C28H33N7O3/c1-37-22-9-7-20(8-10-22)33-13-15-34(16-14-33)26(27-30-31-32-35(27)21-5-3-4-6-21)24-18-19-17-23(38-2)11-12-25(19)29-28(24)36/h7-12,17-18,21,26H,3-6,13-16H2,1-2H3,(H,29,36). The van der Waals surface area contributed by atoms with Gasteiger partial charge in [0.05, 0.1) is 20.3 Å². The molecule has 198 valence electrons. The third-order valence-corrected chi connectivity index (χ3v) is 7.93. The first-order chi connectivity index (χ1) is 18.6. The zero-order valence-corrected chi connectivity index (χ0v) is 21.8. The molecule has 1 aliphatic heterocycles. The fourth-order valence-electron chi connectivity index (χ4n) is 5.85. The molecule has 38 heavy (non-hydrogen) atoms. The van der Waals surface area contributed by atoms with Crippen molar-refractivity contribution in [3.05, 3.63) is 70.3 Å². The zero-order chi connectivity index (χ0) is 26.1. The van der Waals surface area contributed by atoms with Gasteiger partial charge in [-0.25, -0.2) is 4.68 Å². The summed E-state index contributed by atoms with van der Waals surface area (Å²) in [5.41, 5.74) is 2.47. The van der Waals surface area contributed by atoms with Gasteiger partial charge in [-0.1, -0.05) is 12.8 Å². The normalized spacial score (nSPS) is 17.7. The monoisotopic (exact) mass is 515 g/mol. The van der Waals surface area contributed by atoms with E-state index in [-0.39, 0.29) is 17.6 Å². The molecule has 4 aromatic rings. The van der Waals surface area contributed by atoms with Gasteiger partial charge in [-0.05, 0) is 71.8 Å². The number of rotatable bonds is 7. The van der Waals surface area contributed by atoms with Crippen molar-refractivity contribution in [1.29, 1.82) is 0 Å². The second-order valence-electron chi connectivity index (χ2n) is 10.1. The Morgan fingerprint density at radius 3 is 2.34 bits per heavy atom. The van der Waals surface area contributed by atoms with E-state index in [4.69, 9.17) is 9.47 Å². The van der Waals surface area contributed by atoms with E-state index in [9.17, 15) is 4.79 Å². The summed E-state index contributed by atoms with van der Waals surface area (Å²) in [6.07, 6.45) is 4.46. The maximum atomic E-state index is 13.5. The summed E-state index contributed by atoms with van der Waals surface area (Å²) in [6, 6.07) is 15.7. The summed E-state index contributed by atoms with van der Waals surface area (Å²) in [5.74, 6) is 2.33. The Bertz CT molecular complexity index is 1450. The molecule has 6 rings (SSSR count). The van der Waals surface area contributed by atoms with Crippen molar-refractivity contribution in [2.45, 2.75) is 37.8 Å². The molecule has 0 radical (unpaired) electrons. The molecule has 10 heteroatoms. The molecule has 2 fully saturated rings. The number of aromatic nitrogens is 5. The Balaban J connectivity index is 1.37. The van der Waals surface area contributed by atoms with E-state index in [2.05, 4.69) is 42.4 Å². The van der Waals surface area contributed by atoms with Gasteiger partial charge in [0.1, 0.15) is 17.5 Å². The number of H-pyrrole nitrogens is 1. The number of nitrogens with zero attached hydrogens (tertiary/aromatic N) is 6. The van der Waals surface area contributed by atoms with Gasteiger partial charge in [0, 0.05) is 48.3 Å². The van der Waals surface area contributed by atoms with Crippen molar-refractivity contribution in [2.75, 3.05) is 45.3 Å². The Kier molecular flexibility index (Phi) is 6.71. The average molecular weight is 516 g/mol. The molecule has 10 nitrogen and oxygen atoms in total. The lowest BCUT2D eigenvalue weighted by Gasteiger charge is -2.39. The van der Waals surface area contributed by atoms with Crippen molar-refractivity contribution < 1.29 is 9.47 Å². The second-order valence-corrected chi connectivity index (χ2v) is 10.1. The van der Waals surface area contributed by atoms with Crippen LogP contribution in [0.1, 0.15) is 49.2 Å². The average Bonchev–Trinajstić information content (AvgIpc) is 3.66. The Labute approximate surface area is 221 Å². The summed E-state index contributed by atoms with van der Waals surface area (Å²) in [7, 11) is 3.33. The number of aromatic amines is 1. The van der Waals surface area contributed by atoms with Crippen LogP contribution in [0.3, 0.4) is 0 Å². The Hall–Kier alpha value is -3.92. The molecule has 1 saturated heterocycles. The molecule has 1 saturated carbocycles. The lowest BCUT2D eigenvalue weighted by molar-refractivity contribution is 0.197. The number of nitrogens with one attached hydrogen (secondary N) is 1. The number of pyridine rings is 1. The fourth-order valence-corrected chi connectivity index (χ4v) is 5.85. The molecule has 1 aliphatic carbocycles. The third-order valence-electron chi connectivity index (χ3n) is 7.93. The summed E-state index contributed by atoms with van der Waals surface area (Å²) in [4.78, 5) is 21.3. The highest BCUT2D eigenvalue weighted by Gasteiger charge is 2.34. The molecule has 3 heterocycles. The molecule has 0 bridgehead atoms. The van der Waals surface area contributed by atoms with Crippen LogP contribution in [0.5, 0.6) is 11.5 Å². The summed E-state index contributed by atoms with van der Waals surface area (Å²) < 4.78 is 12.7.